The number of carbonyl (C=O) groups is 2. The highest BCUT2D eigenvalue weighted by Gasteiger charge is 2.54. The van der Waals surface area contributed by atoms with E-state index in [0.717, 1.165) is 12.8 Å². The number of likely N-dealkylation sites (tertiary alicyclic amines) is 1. The lowest BCUT2D eigenvalue weighted by atomic mass is 10.1. The molecule has 0 spiro atoms. The molecule has 1 aromatic rings. The summed E-state index contributed by atoms with van der Waals surface area (Å²) in [7, 11) is 0. The van der Waals surface area contributed by atoms with E-state index in [4.69, 9.17) is 9.26 Å². The number of amides is 2. The molecule has 132 valence electrons. The van der Waals surface area contributed by atoms with Gasteiger partial charge in [-0.25, -0.2) is 4.79 Å². The molecule has 1 saturated heterocycles. The first kappa shape index (κ1) is 16.8. The standard InChI is InChI=1S/C17H25N3O4/c1-9-14(10(2)24-19-9)15(21)18-8-12-6-11-7-13(11)20(12)16(22)23-17(3,4)5/h11-13H,6-8H2,1-5H3,(H,18,21)/t11-,12+,13+/m1/s1. The summed E-state index contributed by atoms with van der Waals surface area (Å²) >= 11 is 0. The van der Waals surface area contributed by atoms with Crippen molar-refractivity contribution in [1.29, 1.82) is 0 Å². The monoisotopic (exact) mass is 335 g/mol. The van der Waals surface area contributed by atoms with E-state index in [1.165, 1.54) is 0 Å². The molecule has 0 aromatic carbocycles. The summed E-state index contributed by atoms with van der Waals surface area (Å²) in [6, 6.07) is 0.244. The van der Waals surface area contributed by atoms with Gasteiger partial charge >= 0.3 is 6.09 Å². The van der Waals surface area contributed by atoms with E-state index >= 15 is 0 Å². The number of fused-ring (bicyclic) bond motifs is 1. The first-order valence-electron chi connectivity index (χ1n) is 8.39. The van der Waals surface area contributed by atoms with Crippen molar-refractivity contribution in [2.75, 3.05) is 6.54 Å². The minimum atomic E-state index is -0.519. The fourth-order valence-corrected chi connectivity index (χ4v) is 3.45. The number of hydrogen-bond acceptors (Lipinski definition) is 5. The van der Waals surface area contributed by atoms with Crippen LogP contribution < -0.4 is 5.32 Å². The molecular weight excluding hydrogens is 310 g/mol. The van der Waals surface area contributed by atoms with Gasteiger partial charge in [0.15, 0.2) is 0 Å². The van der Waals surface area contributed by atoms with Gasteiger partial charge in [0.05, 0.1) is 11.7 Å². The van der Waals surface area contributed by atoms with Crippen LogP contribution in [0, 0.1) is 19.8 Å². The molecule has 2 heterocycles. The smallest absolute Gasteiger partial charge is 0.410 e. The normalized spacial score (nSPS) is 25.4. The molecule has 3 rings (SSSR count). The van der Waals surface area contributed by atoms with Crippen molar-refractivity contribution in [3.8, 4) is 0 Å². The number of aryl methyl sites for hydroxylation is 2. The number of nitrogens with one attached hydrogen (secondary N) is 1. The highest BCUT2D eigenvalue weighted by atomic mass is 16.6. The number of carbonyl (C=O) groups excluding carboxylic acids is 2. The molecule has 2 fully saturated rings. The van der Waals surface area contributed by atoms with Crippen LogP contribution in [0.4, 0.5) is 4.79 Å². The zero-order chi connectivity index (χ0) is 17.6. The molecule has 0 radical (unpaired) electrons. The minimum Gasteiger partial charge on any atom is -0.444 e. The Morgan fingerprint density at radius 3 is 2.62 bits per heavy atom. The molecule has 0 unspecified atom stereocenters. The van der Waals surface area contributed by atoms with E-state index in [-0.39, 0.29) is 24.1 Å². The van der Waals surface area contributed by atoms with Crippen LogP contribution >= 0.6 is 0 Å². The van der Waals surface area contributed by atoms with Gasteiger partial charge in [0.2, 0.25) is 0 Å². The number of hydrogen-bond donors (Lipinski definition) is 1. The molecule has 7 nitrogen and oxygen atoms in total. The van der Waals surface area contributed by atoms with Crippen LogP contribution in [0.25, 0.3) is 0 Å². The highest BCUT2D eigenvalue weighted by Crippen LogP contribution is 2.48. The molecular formula is C17H25N3O4. The van der Waals surface area contributed by atoms with E-state index in [0.29, 0.717) is 29.5 Å². The number of rotatable bonds is 3. The molecule has 1 saturated carbocycles. The average molecular weight is 335 g/mol. The van der Waals surface area contributed by atoms with Gasteiger partial charge in [-0.2, -0.15) is 0 Å². The summed E-state index contributed by atoms with van der Waals surface area (Å²) in [4.78, 5) is 26.6. The van der Waals surface area contributed by atoms with Crippen molar-refractivity contribution < 1.29 is 18.8 Å². The van der Waals surface area contributed by atoms with Crippen LogP contribution in [0.2, 0.25) is 0 Å². The van der Waals surface area contributed by atoms with Crippen molar-refractivity contribution in [2.45, 2.75) is 65.1 Å². The van der Waals surface area contributed by atoms with Gasteiger partial charge in [0, 0.05) is 12.6 Å². The van der Waals surface area contributed by atoms with Crippen LogP contribution in [0.1, 0.15) is 55.4 Å². The highest BCUT2D eigenvalue weighted by molar-refractivity contribution is 5.96. The van der Waals surface area contributed by atoms with Gasteiger partial charge in [-0.15, -0.1) is 0 Å². The van der Waals surface area contributed by atoms with Gasteiger partial charge < -0.3 is 19.5 Å². The molecule has 1 aliphatic heterocycles. The number of aromatic nitrogens is 1. The molecule has 3 atom stereocenters. The second kappa shape index (κ2) is 5.79. The first-order valence-corrected chi connectivity index (χ1v) is 8.39. The fraction of sp³-hybridized carbons (Fsp3) is 0.706. The lowest BCUT2D eigenvalue weighted by Crippen LogP contribution is -2.47. The largest absolute Gasteiger partial charge is 0.444 e. The van der Waals surface area contributed by atoms with Gasteiger partial charge in [0.25, 0.3) is 5.91 Å². The summed E-state index contributed by atoms with van der Waals surface area (Å²) in [5.74, 6) is 0.831. The van der Waals surface area contributed by atoms with Crippen LogP contribution in [0.5, 0.6) is 0 Å². The zero-order valence-electron chi connectivity index (χ0n) is 14.9. The molecule has 2 aliphatic rings. The Morgan fingerprint density at radius 2 is 2.04 bits per heavy atom. The van der Waals surface area contributed by atoms with Crippen molar-refractivity contribution in [1.82, 2.24) is 15.4 Å². The Labute approximate surface area is 141 Å². The Kier molecular flexibility index (Phi) is 4.05. The minimum absolute atomic E-state index is 0.0203. The summed E-state index contributed by atoms with van der Waals surface area (Å²) in [6.07, 6.45) is 1.66. The summed E-state index contributed by atoms with van der Waals surface area (Å²) in [5.41, 5.74) is 0.527. The summed E-state index contributed by atoms with van der Waals surface area (Å²) in [5, 5.41) is 6.71. The first-order chi connectivity index (χ1) is 11.2. The number of ether oxygens (including phenoxy) is 1. The molecule has 7 heteroatoms. The zero-order valence-corrected chi connectivity index (χ0v) is 14.9. The maximum absolute atomic E-state index is 12.5. The molecule has 1 N–H and O–H groups in total. The summed E-state index contributed by atoms with van der Waals surface area (Å²) in [6.45, 7) is 9.45. The Bertz CT molecular complexity index is 642. The maximum atomic E-state index is 12.5. The van der Waals surface area contributed by atoms with Crippen molar-refractivity contribution in [2.24, 2.45) is 5.92 Å². The van der Waals surface area contributed by atoms with Crippen LogP contribution in [-0.4, -0.2) is 46.3 Å². The van der Waals surface area contributed by atoms with Gasteiger partial charge in [-0.3, -0.25) is 4.79 Å². The average Bonchev–Trinajstić information content (AvgIpc) is 2.98. The van der Waals surface area contributed by atoms with E-state index < -0.39 is 5.60 Å². The van der Waals surface area contributed by atoms with E-state index in [9.17, 15) is 9.59 Å². The topological polar surface area (TPSA) is 84.7 Å². The molecule has 1 aliphatic carbocycles. The van der Waals surface area contributed by atoms with E-state index in [2.05, 4.69) is 10.5 Å². The maximum Gasteiger partial charge on any atom is 0.410 e. The Hall–Kier alpha value is -2.05. The van der Waals surface area contributed by atoms with Crippen molar-refractivity contribution >= 4 is 12.0 Å². The Balaban J connectivity index is 1.62. The van der Waals surface area contributed by atoms with Gasteiger partial charge in [0.1, 0.15) is 16.9 Å². The lowest BCUT2D eigenvalue weighted by Gasteiger charge is -2.30. The molecule has 1 aromatic heterocycles. The lowest BCUT2D eigenvalue weighted by molar-refractivity contribution is 0.0183. The third kappa shape index (κ3) is 3.25. The quantitative estimate of drug-likeness (QED) is 0.917. The third-order valence-electron chi connectivity index (χ3n) is 4.57. The van der Waals surface area contributed by atoms with Crippen LogP contribution in [0.3, 0.4) is 0 Å². The van der Waals surface area contributed by atoms with Crippen molar-refractivity contribution in [3.05, 3.63) is 17.0 Å². The van der Waals surface area contributed by atoms with E-state index in [1.54, 1.807) is 13.8 Å². The summed E-state index contributed by atoms with van der Waals surface area (Å²) < 4.78 is 10.5. The third-order valence-corrected chi connectivity index (χ3v) is 4.57. The predicted molar refractivity (Wildman–Crippen MR) is 86.7 cm³/mol. The SMILES string of the molecule is Cc1noc(C)c1C(=O)NC[C@@H]1C[C@@H]2C[C@@H]2N1C(=O)OC(C)(C)C. The molecule has 2 amide bonds. The number of nitrogens with zero attached hydrogens (tertiary/aromatic N) is 2. The fourth-order valence-electron chi connectivity index (χ4n) is 3.45. The predicted octanol–water partition coefficient (Wildman–Crippen LogP) is 2.42. The van der Waals surface area contributed by atoms with Crippen LogP contribution in [0.15, 0.2) is 4.52 Å². The van der Waals surface area contributed by atoms with Crippen LogP contribution in [-0.2, 0) is 4.74 Å². The van der Waals surface area contributed by atoms with Crippen molar-refractivity contribution in [3.63, 3.8) is 0 Å². The molecule has 24 heavy (non-hydrogen) atoms. The second-order valence-corrected chi connectivity index (χ2v) is 7.75. The van der Waals surface area contributed by atoms with Gasteiger partial charge in [-0.05, 0) is 53.4 Å². The van der Waals surface area contributed by atoms with Gasteiger partial charge in [-0.1, -0.05) is 5.16 Å². The second-order valence-electron chi connectivity index (χ2n) is 7.75. The van der Waals surface area contributed by atoms with E-state index in [1.807, 2.05) is 25.7 Å². The Morgan fingerprint density at radius 1 is 1.33 bits per heavy atom. The number of piperidine rings is 1. The molecule has 0 bridgehead atoms.